The number of hydrogen-bond donors (Lipinski definition) is 0. The van der Waals surface area contributed by atoms with Gasteiger partial charge in [-0.1, -0.05) is 6.07 Å². The van der Waals surface area contributed by atoms with Crippen LogP contribution in [-0.4, -0.2) is 38.4 Å². The first kappa shape index (κ1) is 16.7. The van der Waals surface area contributed by atoms with Crippen LogP contribution in [0.3, 0.4) is 0 Å². The number of hydrogen-bond acceptors (Lipinski definition) is 5. The summed E-state index contributed by atoms with van der Waals surface area (Å²) < 4.78 is 1.44. The molecule has 0 aromatic carbocycles. The van der Waals surface area contributed by atoms with Gasteiger partial charge in [-0.2, -0.15) is 11.3 Å². The molecule has 1 aliphatic heterocycles. The second-order valence-corrected chi connectivity index (χ2v) is 6.99. The summed E-state index contributed by atoms with van der Waals surface area (Å²) in [4.78, 5) is 35.2. The first-order valence-corrected chi connectivity index (χ1v) is 9.45. The minimum absolute atomic E-state index is 0.0452. The Labute approximate surface area is 154 Å². The van der Waals surface area contributed by atoms with E-state index < -0.39 is 0 Å². The highest BCUT2D eigenvalue weighted by atomic mass is 32.1. The zero-order chi connectivity index (χ0) is 17.9. The molecule has 0 unspecified atom stereocenters. The van der Waals surface area contributed by atoms with Crippen molar-refractivity contribution in [1.29, 1.82) is 0 Å². The highest BCUT2D eigenvalue weighted by Gasteiger charge is 2.22. The number of fused-ring (bicyclic) bond motifs is 1. The monoisotopic (exact) mass is 366 g/mol. The quantitative estimate of drug-likeness (QED) is 0.711. The summed E-state index contributed by atoms with van der Waals surface area (Å²) in [5.74, 6) is -0.0452. The van der Waals surface area contributed by atoms with Crippen LogP contribution < -0.4 is 5.56 Å². The van der Waals surface area contributed by atoms with Crippen LogP contribution >= 0.6 is 11.3 Å². The van der Waals surface area contributed by atoms with E-state index in [4.69, 9.17) is 0 Å². The van der Waals surface area contributed by atoms with Gasteiger partial charge in [0.2, 0.25) is 5.91 Å². The molecule has 0 N–H and O–H groups in total. The Hall–Kier alpha value is -2.80. The second-order valence-electron chi connectivity index (χ2n) is 6.21. The van der Waals surface area contributed by atoms with Crippen molar-refractivity contribution in [2.75, 3.05) is 13.1 Å². The third-order valence-corrected chi connectivity index (χ3v) is 5.32. The zero-order valence-electron chi connectivity index (χ0n) is 14.2. The molecule has 0 fully saturated rings. The number of carbonyl (C=O) groups is 1. The average molecular weight is 366 g/mol. The van der Waals surface area contributed by atoms with Crippen LogP contribution in [-0.2, 0) is 24.2 Å². The Morgan fingerprint density at radius 1 is 1.15 bits per heavy atom. The first-order chi connectivity index (χ1) is 12.7. The van der Waals surface area contributed by atoms with Gasteiger partial charge in [-0.15, -0.1) is 0 Å². The molecule has 0 bridgehead atoms. The molecule has 4 heterocycles. The Balaban J connectivity index is 1.53. The third-order valence-electron chi connectivity index (χ3n) is 4.64. The van der Waals surface area contributed by atoms with Crippen LogP contribution in [0, 0.1) is 0 Å². The first-order valence-electron chi connectivity index (χ1n) is 8.51. The number of carbonyl (C=O) groups excluding carboxylic acids is 1. The van der Waals surface area contributed by atoms with Crippen LogP contribution in [0.5, 0.6) is 0 Å². The lowest BCUT2D eigenvalue weighted by molar-refractivity contribution is -0.131. The molecular weight excluding hydrogens is 348 g/mol. The van der Waals surface area contributed by atoms with E-state index >= 15 is 0 Å². The summed E-state index contributed by atoms with van der Waals surface area (Å²) in [7, 11) is 0. The molecule has 4 rings (SSSR count). The van der Waals surface area contributed by atoms with Crippen LogP contribution in [0.4, 0.5) is 0 Å². The third kappa shape index (κ3) is 3.30. The molecule has 0 atom stereocenters. The number of nitrogens with zero attached hydrogens (tertiary/aromatic N) is 4. The van der Waals surface area contributed by atoms with E-state index in [1.54, 1.807) is 36.0 Å². The van der Waals surface area contributed by atoms with Gasteiger partial charge >= 0.3 is 0 Å². The molecule has 0 aliphatic carbocycles. The van der Waals surface area contributed by atoms with Gasteiger partial charge in [0.25, 0.3) is 5.56 Å². The van der Waals surface area contributed by atoms with Crippen molar-refractivity contribution in [2.24, 2.45) is 0 Å². The van der Waals surface area contributed by atoms with Crippen LogP contribution in [0.2, 0.25) is 0 Å². The number of thiophene rings is 1. The van der Waals surface area contributed by atoms with Gasteiger partial charge in [0, 0.05) is 54.0 Å². The predicted octanol–water partition coefficient (Wildman–Crippen LogP) is 1.99. The van der Waals surface area contributed by atoms with Gasteiger partial charge in [-0.25, -0.2) is 9.97 Å². The van der Waals surface area contributed by atoms with Gasteiger partial charge in [0.05, 0.1) is 5.69 Å². The Kier molecular flexibility index (Phi) is 4.62. The average Bonchev–Trinajstić information content (AvgIpc) is 3.09. The van der Waals surface area contributed by atoms with Crippen molar-refractivity contribution < 1.29 is 4.79 Å². The standard InChI is InChI=1S/C19H18N4O2S/c24-17-3-1-2-7-23(17)11-18(25)22-8-4-15-16(5-9-22)20-13-21-19(15)14-6-10-26-12-14/h1-3,6-7,10,12-13H,4-5,8-9,11H2. The SMILES string of the molecule is O=C(Cn1ccccc1=O)N1CCc2ncnc(-c3ccsc3)c2CC1. The van der Waals surface area contributed by atoms with Crippen molar-refractivity contribution in [3.63, 3.8) is 0 Å². The maximum atomic E-state index is 12.7. The summed E-state index contributed by atoms with van der Waals surface area (Å²) in [6.45, 7) is 1.28. The molecule has 3 aromatic heterocycles. The summed E-state index contributed by atoms with van der Waals surface area (Å²) in [6.07, 6.45) is 4.67. The van der Waals surface area contributed by atoms with E-state index in [1.165, 1.54) is 10.6 Å². The predicted molar refractivity (Wildman–Crippen MR) is 100 cm³/mol. The summed E-state index contributed by atoms with van der Waals surface area (Å²) in [5, 5.41) is 4.12. The highest BCUT2D eigenvalue weighted by molar-refractivity contribution is 7.08. The van der Waals surface area contributed by atoms with Crippen molar-refractivity contribution in [2.45, 2.75) is 19.4 Å². The van der Waals surface area contributed by atoms with Crippen molar-refractivity contribution in [1.82, 2.24) is 19.4 Å². The Bertz CT molecular complexity index is 981. The maximum absolute atomic E-state index is 12.7. The van der Waals surface area contributed by atoms with Gasteiger partial charge in [-0.3, -0.25) is 9.59 Å². The molecule has 132 valence electrons. The lowest BCUT2D eigenvalue weighted by Gasteiger charge is -2.20. The van der Waals surface area contributed by atoms with E-state index in [0.717, 1.165) is 28.9 Å². The van der Waals surface area contributed by atoms with Crippen LogP contribution in [0.1, 0.15) is 11.3 Å². The van der Waals surface area contributed by atoms with E-state index in [-0.39, 0.29) is 18.0 Å². The molecule has 0 saturated carbocycles. The van der Waals surface area contributed by atoms with Crippen molar-refractivity contribution >= 4 is 17.2 Å². The minimum Gasteiger partial charge on any atom is -0.340 e. The molecule has 1 amide bonds. The van der Waals surface area contributed by atoms with Crippen LogP contribution in [0.15, 0.2) is 52.3 Å². The zero-order valence-corrected chi connectivity index (χ0v) is 15.0. The summed E-state index contributed by atoms with van der Waals surface area (Å²) in [6, 6.07) is 6.96. The van der Waals surface area contributed by atoms with E-state index in [1.807, 2.05) is 10.3 Å². The van der Waals surface area contributed by atoms with Gasteiger partial charge in [-0.05, 0) is 23.9 Å². The van der Waals surface area contributed by atoms with E-state index in [0.29, 0.717) is 19.5 Å². The number of amides is 1. The lowest BCUT2D eigenvalue weighted by Crippen LogP contribution is -2.37. The number of pyridine rings is 1. The maximum Gasteiger partial charge on any atom is 0.250 e. The molecule has 3 aromatic rings. The summed E-state index contributed by atoms with van der Waals surface area (Å²) in [5.41, 5.74) is 4.03. The summed E-state index contributed by atoms with van der Waals surface area (Å²) >= 11 is 1.64. The molecule has 26 heavy (non-hydrogen) atoms. The number of aromatic nitrogens is 3. The molecule has 0 spiro atoms. The molecule has 0 saturated heterocycles. The van der Waals surface area contributed by atoms with E-state index in [9.17, 15) is 9.59 Å². The van der Waals surface area contributed by atoms with Gasteiger partial charge in [0.1, 0.15) is 12.9 Å². The van der Waals surface area contributed by atoms with Crippen LogP contribution in [0.25, 0.3) is 11.3 Å². The van der Waals surface area contributed by atoms with Gasteiger partial charge < -0.3 is 9.47 Å². The number of rotatable bonds is 3. The normalized spacial score (nSPS) is 13.9. The fraction of sp³-hybridized carbons (Fsp3) is 0.263. The fourth-order valence-electron chi connectivity index (χ4n) is 3.26. The fourth-order valence-corrected chi connectivity index (χ4v) is 3.90. The topological polar surface area (TPSA) is 68.1 Å². The minimum atomic E-state index is -0.162. The Morgan fingerprint density at radius 3 is 2.85 bits per heavy atom. The highest BCUT2D eigenvalue weighted by Crippen LogP contribution is 2.27. The molecular formula is C19H18N4O2S. The largest absolute Gasteiger partial charge is 0.340 e. The molecule has 7 heteroatoms. The lowest BCUT2D eigenvalue weighted by atomic mass is 10.0. The van der Waals surface area contributed by atoms with Gasteiger partial charge in [0.15, 0.2) is 0 Å². The second kappa shape index (κ2) is 7.21. The Morgan fingerprint density at radius 2 is 2.04 bits per heavy atom. The molecule has 1 aliphatic rings. The van der Waals surface area contributed by atoms with Crippen molar-refractivity contribution in [3.8, 4) is 11.3 Å². The molecule has 6 nitrogen and oxygen atoms in total. The molecule has 0 radical (unpaired) electrons. The van der Waals surface area contributed by atoms with Crippen molar-refractivity contribution in [3.05, 3.63) is 69.2 Å². The van der Waals surface area contributed by atoms with E-state index in [2.05, 4.69) is 21.4 Å². The smallest absolute Gasteiger partial charge is 0.250 e.